The van der Waals surface area contributed by atoms with E-state index in [0.29, 0.717) is 16.3 Å². The van der Waals surface area contributed by atoms with Crippen molar-refractivity contribution in [1.29, 1.82) is 0 Å². The second-order valence-corrected chi connectivity index (χ2v) is 4.65. The summed E-state index contributed by atoms with van der Waals surface area (Å²) in [4.78, 5) is 22.7. The molecule has 0 spiro atoms. The number of hydrogen-bond donors (Lipinski definition) is 2. The third-order valence-corrected chi connectivity index (χ3v) is 3.24. The number of benzene rings is 1. The Bertz CT molecular complexity index is 592. The third-order valence-electron chi connectivity index (χ3n) is 2.25. The SMILES string of the molecule is O=C(Nc1cscc1C(=O)O)c1ccc(Cl)cc1. The van der Waals surface area contributed by atoms with E-state index in [-0.39, 0.29) is 11.5 Å². The molecule has 0 atom stereocenters. The lowest BCUT2D eigenvalue weighted by atomic mass is 10.2. The van der Waals surface area contributed by atoms with E-state index in [4.69, 9.17) is 16.7 Å². The van der Waals surface area contributed by atoms with Crippen molar-refractivity contribution >= 4 is 40.5 Å². The van der Waals surface area contributed by atoms with Crippen molar-refractivity contribution in [3.63, 3.8) is 0 Å². The minimum absolute atomic E-state index is 0.0855. The van der Waals surface area contributed by atoms with E-state index in [1.807, 2.05) is 0 Å². The van der Waals surface area contributed by atoms with Crippen LogP contribution in [0.3, 0.4) is 0 Å². The van der Waals surface area contributed by atoms with E-state index >= 15 is 0 Å². The molecule has 4 nitrogen and oxygen atoms in total. The molecule has 6 heteroatoms. The number of thiophene rings is 1. The van der Waals surface area contributed by atoms with Gasteiger partial charge in [0.1, 0.15) is 0 Å². The van der Waals surface area contributed by atoms with Crippen molar-refractivity contribution in [2.24, 2.45) is 0 Å². The molecule has 0 fully saturated rings. The summed E-state index contributed by atoms with van der Waals surface area (Å²) in [6, 6.07) is 6.35. The Morgan fingerprint density at radius 2 is 1.83 bits per heavy atom. The maximum absolute atomic E-state index is 11.9. The van der Waals surface area contributed by atoms with Gasteiger partial charge in [-0.1, -0.05) is 11.6 Å². The van der Waals surface area contributed by atoms with Crippen LogP contribution >= 0.6 is 22.9 Å². The van der Waals surface area contributed by atoms with E-state index < -0.39 is 5.97 Å². The summed E-state index contributed by atoms with van der Waals surface area (Å²) in [6.45, 7) is 0. The first-order valence-electron chi connectivity index (χ1n) is 4.94. The maximum Gasteiger partial charge on any atom is 0.338 e. The van der Waals surface area contributed by atoms with Crippen LogP contribution in [0.25, 0.3) is 0 Å². The van der Waals surface area contributed by atoms with Gasteiger partial charge in [0.25, 0.3) is 5.91 Å². The fourth-order valence-corrected chi connectivity index (χ4v) is 2.24. The molecule has 0 radical (unpaired) electrons. The van der Waals surface area contributed by atoms with Gasteiger partial charge in [-0.25, -0.2) is 4.79 Å². The van der Waals surface area contributed by atoms with Crippen LogP contribution in [0.4, 0.5) is 5.69 Å². The van der Waals surface area contributed by atoms with E-state index in [0.717, 1.165) is 0 Å². The lowest BCUT2D eigenvalue weighted by Gasteiger charge is -2.04. The van der Waals surface area contributed by atoms with E-state index in [2.05, 4.69) is 5.32 Å². The van der Waals surface area contributed by atoms with Gasteiger partial charge in [-0.2, -0.15) is 0 Å². The average molecular weight is 282 g/mol. The van der Waals surface area contributed by atoms with Crippen LogP contribution in [-0.2, 0) is 0 Å². The van der Waals surface area contributed by atoms with Crippen LogP contribution in [0.5, 0.6) is 0 Å². The normalized spacial score (nSPS) is 10.1. The molecule has 0 aliphatic carbocycles. The molecule has 92 valence electrons. The Hall–Kier alpha value is -1.85. The van der Waals surface area contributed by atoms with E-state index in [9.17, 15) is 9.59 Å². The summed E-state index contributed by atoms with van der Waals surface area (Å²) in [5, 5.41) is 15.1. The molecular weight excluding hydrogens is 274 g/mol. The van der Waals surface area contributed by atoms with Crippen molar-refractivity contribution in [3.8, 4) is 0 Å². The van der Waals surface area contributed by atoms with Gasteiger partial charge in [0.05, 0.1) is 11.3 Å². The van der Waals surface area contributed by atoms with Crippen LogP contribution in [0, 0.1) is 0 Å². The number of nitrogens with one attached hydrogen (secondary N) is 1. The molecule has 2 aromatic rings. The fourth-order valence-electron chi connectivity index (χ4n) is 1.36. The molecule has 0 aliphatic rings. The number of anilines is 1. The number of rotatable bonds is 3. The summed E-state index contributed by atoms with van der Waals surface area (Å²) in [6.07, 6.45) is 0. The molecule has 0 saturated carbocycles. The van der Waals surface area contributed by atoms with Gasteiger partial charge in [-0.15, -0.1) is 11.3 Å². The number of carboxylic acids is 1. The predicted octanol–water partition coefficient (Wildman–Crippen LogP) is 3.35. The second kappa shape index (κ2) is 5.20. The molecule has 2 N–H and O–H groups in total. The van der Waals surface area contributed by atoms with Crippen molar-refractivity contribution in [2.45, 2.75) is 0 Å². The topological polar surface area (TPSA) is 66.4 Å². The van der Waals surface area contributed by atoms with Crippen LogP contribution in [-0.4, -0.2) is 17.0 Å². The highest BCUT2D eigenvalue weighted by Gasteiger charge is 2.14. The Kier molecular flexibility index (Phi) is 3.64. The third kappa shape index (κ3) is 2.69. The van der Waals surface area contributed by atoms with Gasteiger partial charge in [-0.05, 0) is 24.3 Å². The van der Waals surface area contributed by atoms with Gasteiger partial charge in [0.15, 0.2) is 0 Å². The summed E-state index contributed by atoms with van der Waals surface area (Å²) in [5.41, 5.74) is 0.803. The average Bonchev–Trinajstić information content (AvgIpc) is 2.78. The highest BCUT2D eigenvalue weighted by atomic mass is 35.5. The number of carbonyl (C=O) groups excluding carboxylic acids is 1. The zero-order valence-electron chi connectivity index (χ0n) is 9.01. The smallest absolute Gasteiger partial charge is 0.338 e. The second-order valence-electron chi connectivity index (χ2n) is 3.47. The monoisotopic (exact) mass is 281 g/mol. The predicted molar refractivity (Wildman–Crippen MR) is 70.7 cm³/mol. The summed E-state index contributed by atoms with van der Waals surface area (Å²) in [7, 11) is 0. The van der Waals surface area contributed by atoms with Gasteiger partial charge >= 0.3 is 5.97 Å². The highest BCUT2D eigenvalue weighted by Crippen LogP contribution is 2.21. The molecule has 1 amide bonds. The lowest BCUT2D eigenvalue weighted by molar-refractivity contribution is 0.0698. The molecule has 0 unspecified atom stereocenters. The Labute approximate surface area is 112 Å². The zero-order chi connectivity index (χ0) is 13.1. The highest BCUT2D eigenvalue weighted by molar-refractivity contribution is 7.08. The Morgan fingerprint density at radius 1 is 1.17 bits per heavy atom. The summed E-state index contributed by atoms with van der Waals surface area (Å²) >= 11 is 6.94. The summed E-state index contributed by atoms with van der Waals surface area (Å²) in [5.74, 6) is -1.43. The van der Waals surface area contributed by atoms with Gasteiger partial charge in [-0.3, -0.25) is 4.79 Å². The molecule has 0 saturated heterocycles. The number of hydrogen-bond acceptors (Lipinski definition) is 3. The van der Waals surface area contributed by atoms with Gasteiger partial charge in [0, 0.05) is 21.3 Å². The molecule has 0 bridgehead atoms. The molecule has 18 heavy (non-hydrogen) atoms. The number of halogens is 1. The quantitative estimate of drug-likeness (QED) is 0.906. The first-order valence-corrected chi connectivity index (χ1v) is 6.26. The van der Waals surface area contributed by atoms with Crippen molar-refractivity contribution < 1.29 is 14.7 Å². The van der Waals surface area contributed by atoms with Crippen molar-refractivity contribution in [2.75, 3.05) is 5.32 Å². The Balaban J connectivity index is 2.19. The Morgan fingerprint density at radius 3 is 2.44 bits per heavy atom. The fraction of sp³-hybridized carbons (Fsp3) is 0. The lowest BCUT2D eigenvalue weighted by Crippen LogP contribution is -2.13. The number of amides is 1. The molecule has 1 aromatic heterocycles. The first kappa shape index (κ1) is 12.6. The van der Waals surface area contributed by atoms with Crippen molar-refractivity contribution in [3.05, 3.63) is 51.2 Å². The number of carbonyl (C=O) groups is 2. The van der Waals surface area contributed by atoms with Crippen LogP contribution in [0.15, 0.2) is 35.0 Å². The van der Waals surface area contributed by atoms with E-state index in [1.165, 1.54) is 16.7 Å². The maximum atomic E-state index is 11.9. The van der Waals surface area contributed by atoms with E-state index in [1.54, 1.807) is 29.6 Å². The molecule has 1 heterocycles. The molecule has 1 aromatic carbocycles. The number of aromatic carboxylic acids is 1. The molecule has 2 rings (SSSR count). The number of carboxylic acid groups (broad SMARTS) is 1. The zero-order valence-corrected chi connectivity index (χ0v) is 10.6. The molecular formula is C12H8ClNO3S. The van der Waals surface area contributed by atoms with Crippen molar-refractivity contribution in [1.82, 2.24) is 0 Å². The first-order chi connectivity index (χ1) is 8.58. The molecule has 0 aliphatic heterocycles. The van der Waals surface area contributed by atoms with Crippen LogP contribution in [0.1, 0.15) is 20.7 Å². The minimum Gasteiger partial charge on any atom is -0.478 e. The largest absolute Gasteiger partial charge is 0.478 e. The van der Waals surface area contributed by atoms with Crippen LogP contribution in [0.2, 0.25) is 5.02 Å². The van der Waals surface area contributed by atoms with Crippen LogP contribution < -0.4 is 5.32 Å². The van der Waals surface area contributed by atoms with Gasteiger partial charge < -0.3 is 10.4 Å². The minimum atomic E-state index is -1.07. The summed E-state index contributed by atoms with van der Waals surface area (Å²) < 4.78 is 0. The van der Waals surface area contributed by atoms with Gasteiger partial charge in [0.2, 0.25) is 0 Å². The standard InChI is InChI=1S/C12H8ClNO3S/c13-8-3-1-7(2-4-8)11(15)14-10-6-18-5-9(10)12(16)17/h1-6H,(H,14,15)(H,16,17).